The van der Waals surface area contributed by atoms with Crippen LogP contribution in [0.2, 0.25) is 4.34 Å². The Hall–Kier alpha value is -1.90. The van der Waals surface area contributed by atoms with Gasteiger partial charge >= 0.3 is 0 Å². The summed E-state index contributed by atoms with van der Waals surface area (Å²) in [5.74, 6) is 0. The topological polar surface area (TPSA) is 66.9 Å². The maximum absolute atomic E-state index is 11.1. The minimum absolute atomic E-state index is 0.0648. The molecule has 0 saturated carbocycles. The molecule has 1 aromatic carbocycles. The van der Waals surface area contributed by atoms with Gasteiger partial charge in [-0.2, -0.15) is 5.26 Å². The standard InChI is InChI=1S/C12H7ClN2O2S/c1-7-4-8(6-14)5-9(15(16)17)12(7)10-2-3-11(13)18-10/h2-5H,1H3. The lowest BCUT2D eigenvalue weighted by atomic mass is 10.0. The third-order valence-corrected chi connectivity index (χ3v) is 3.71. The van der Waals surface area contributed by atoms with Gasteiger partial charge in [-0.15, -0.1) is 11.3 Å². The Morgan fingerprint density at radius 1 is 1.44 bits per heavy atom. The Morgan fingerprint density at radius 2 is 2.17 bits per heavy atom. The molecular weight excluding hydrogens is 272 g/mol. The summed E-state index contributed by atoms with van der Waals surface area (Å²) in [6.45, 7) is 1.75. The average molecular weight is 279 g/mol. The van der Waals surface area contributed by atoms with E-state index in [1.54, 1.807) is 25.1 Å². The monoisotopic (exact) mass is 278 g/mol. The summed E-state index contributed by atoms with van der Waals surface area (Å²) in [4.78, 5) is 11.3. The van der Waals surface area contributed by atoms with Crippen LogP contribution >= 0.6 is 22.9 Å². The smallest absolute Gasteiger partial charge is 0.258 e. The maximum atomic E-state index is 11.1. The fraction of sp³-hybridized carbons (Fsp3) is 0.0833. The molecule has 18 heavy (non-hydrogen) atoms. The second-order valence-electron chi connectivity index (χ2n) is 3.66. The van der Waals surface area contributed by atoms with Crippen molar-refractivity contribution < 1.29 is 4.92 Å². The highest BCUT2D eigenvalue weighted by atomic mass is 35.5. The summed E-state index contributed by atoms with van der Waals surface area (Å²) in [5, 5.41) is 19.9. The molecule has 0 spiro atoms. The lowest BCUT2D eigenvalue weighted by Crippen LogP contribution is -1.95. The summed E-state index contributed by atoms with van der Waals surface area (Å²) < 4.78 is 0.572. The maximum Gasteiger partial charge on any atom is 0.279 e. The molecule has 2 rings (SSSR count). The van der Waals surface area contributed by atoms with Crippen LogP contribution in [0, 0.1) is 28.4 Å². The van der Waals surface area contributed by atoms with E-state index in [4.69, 9.17) is 16.9 Å². The highest BCUT2D eigenvalue weighted by molar-refractivity contribution is 7.19. The Labute approximate surface area is 112 Å². The SMILES string of the molecule is Cc1cc(C#N)cc([N+](=O)[O-])c1-c1ccc(Cl)s1. The predicted molar refractivity (Wildman–Crippen MR) is 70.9 cm³/mol. The van der Waals surface area contributed by atoms with Crippen LogP contribution in [0.15, 0.2) is 24.3 Å². The van der Waals surface area contributed by atoms with Crippen molar-refractivity contribution in [3.05, 3.63) is 49.8 Å². The van der Waals surface area contributed by atoms with E-state index >= 15 is 0 Å². The van der Waals surface area contributed by atoms with Crippen LogP contribution in [-0.4, -0.2) is 4.92 Å². The van der Waals surface area contributed by atoms with Gasteiger partial charge in [-0.1, -0.05) is 11.6 Å². The molecule has 0 atom stereocenters. The van der Waals surface area contributed by atoms with Crippen molar-refractivity contribution >= 4 is 28.6 Å². The van der Waals surface area contributed by atoms with Gasteiger partial charge in [0.05, 0.1) is 26.5 Å². The van der Waals surface area contributed by atoms with Gasteiger partial charge in [-0.3, -0.25) is 10.1 Å². The molecular formula is C12H7ClN2O2S. The number of benzene rings is 1. The molecule has 4 nitrogen and oxygen atoms in total. The highest BCUT2D eigenvalue weighted by Crippen LogP contribution is 2.39. The van der Waals surface area contributed by atoms with Crippen LogP contribution in [0.3, 0.4) is 0 Å². The second-order valence-corrected chi connectivity index (χ2v) is 5.38. The van der Waals surface area contributed by atoms with Crippen molar-refractivity contribution in [3.8, 4) is 16.5 Å². The molecule has 90 valence electrons. The number of nitrogens with zero attached hydrogens (tertiary/aromatic N) is 2. The largest absolute Gasteiger partial charge is 0.279 e. The summed E-state index contributed by atoms with van der Waals surface area (Å²) in [7, 11) is 0. The van der Waals surface area contributed by atoms with Crippen LogP contribution < -0.4 is 0 Å². The van der Waals surface area contributed by atoms with Crippen molar-refractivity contribution in [1.82, 2.24) is 0 Å². The van der Waals surface area contributed by atoms with E-state index in [-0.39, 0.29) is 11.3 Å². The third kappa shape index (κ3) is 2.21. The first-order valence-corrected chi connectivity index (χ1v) is 6.17. The van der Waals surface area contributed by atoms with Crippen LogP contribution in [0.5, 0.6) is 0 Å². The van der Waals surface area contributed by atoms with Gasteiger partial charge in [0.25, 0.3) is 5.69 Å². The molecule has 0 aliphatic carbocycles. The zero-order valence-corrected chi connectivity index (χ0v) is 10.9. The summed E-state index contributed by atoms with van der Waals surface area (Å²) >= 11 is 7.13. The van der Waals surface area contributed by atoms with Gasteiger partial charge < -0.3 is 0 Å². The zero-order valence-electron chi connectivity index (χ0n) is 9.31. The lowest BCUT2D eigenvalue weighted by Gasteiger charge is -2.05. The molecule has 0 unspecified atom stereocenters. The predicted octanol–water partition coefficient (Wildman–Crippen LogP) is 4.16. The van der Waals surface area contributed by atoms with Gasteiger partial charge in [0, 0.05) is 10.9 Å². The molecule has 0 bridgehead atoms. The number of thiophene rings is 1. The number of nitro groups is 1. The highest BCUT2D eigenvalue weighted by Gasteiger charge is 2.20. The Balaban J connectivity index is 2.74. The summed E-state index contributed by atoms with van der Waals surface area (Å²) in [6.07, 6.45) is 0. The molecule has 1 aromatic heterocycles. The van der Waals surface area contributed by atoms with E-state index < -0.39 is 4.92 Å². The Bertz CT molecular complexity index is 673. The first-order chi connectivity index (χ1) is 8.52. The quantitative estimate of drug-likeness (QED) is 0.612. The first kappa shape index (κ1) is 12.6. The Kier molecular flexibility index (Phi) is 3.32. The van der Waals surface area contributed by atoms with E-state index in [9.17, 15) is 10.1 Å². The number of nitriles is 1. The minimum Gasteiger partial charge on any atom is -0.258 e. The molecule has 0 N–H and O–H groups in total. The van der Waals surface area contributed by atoms with Crippen LogP contribution in [0.4, 0.5) is 5.69 Å². The number of rotatable bonds is 2. The van der Waals surface area contributed by atoms with Gasteiger partial charge in [0.2, 0.25) is 0 Å². The molecule has 0 fully saturated rings. The summed E-state index contributed by atoms with van der Waals surface area (Å²) in [6, 6.07) is 8.28. The number of nitro benzene ring substituents is 1. The number of hydrogen-bond donors (Lipinski definition) is 0. The molecule has 0 radical (unpaired) electrons. The van der Waals surface area contributed by atoms with E-state index in [1.165, 1.54) is 17.4 Å². The Morgan fingerprint density at radius 3 is 2.67 bits per heavy atom. The number of hydrogen-bond acceptors (Lipinski definition) is 4. The zero-order chi connectivity index (χ0) is 13.3. The van der Waals surface area contributed by atoms with Gasteiger partial charge in [-0.05, 0) is 30.7 Å². The lowest BCUT2D eigenvalue weighted by molar-refractivity contribution is -0.384. The number of aryl methyl sites for hydroxylation is 1. The first-order valence-electron chi connectivity index (χ1n) is 4.97. The molecule has 2 aromatic rings. The molecule has 0 aliphatic rings. The van der Waals surface area contributed by atoms with Crippen molar-refractivity contribution in [2.75, 3.05) is 0 Å². The number of halogens is 1. The van der Waals surface area contributed by atoms with E-state index in [2.05, 4.69) is 0 Å². The fourth-order valence-corrected chi connectivity index (χ4v) is 2.91. The average Bonchev–Trinajstić information content (AvgIpc) is 2.74. The van der Waals surface area contributed by atoms with Crippen molar-refractivity contribution in [1.29, 1.82) is 5.26 Å². The van der Waals surface area contributed by atoms with Crippen LogP contribution in [-0.2, 0) is 0 Å². The van der Waals surface area contributed by atoms with Crippen LogP contribution in [0.25, 0.3) is 10.4 Å². The molecule has 0 amide bonds. The molecule has 6 heteroatoms. The van der Waals surface area contributed by atoms with E-state index in [0.29, 0.717) is 15.5 Å². The summed E-state index contributed by atoms with van der Waals surface area (Å²) in [5.41, 5.74) is 1.44. The second kappa shape index (κ2) is 4.77. The van der Waals surface area contributed by atoms with E-state index in [0.717, 1.165) is 4.88 Å². The molecule has 0 saturated heterocycles. The van der Waals surface area contributed by atoms with Crippen molar-refractivity contribution in [2.24, 2.45) is 0 Å². The van der Waals surface area contributed by atoms with Crippen molar-refractivity contribution in [3.63, 3.8) is 0 Å². The van der Waals surface area contributed by atoms with Gasteiger partial charge in [0.15, 0.2) is 0 Å². The fourth-order valence-electron chi connectivity index (χ4n) is 1.75. The van der Waals surface area contributed by atoms with Gasteiger partial charge in [0.1, 0.15) is 0 Å². The van der Waals surface area contributed by atoms with Crippen LogP contribution in [0.1, 0.15) is 11.1 Å². The van der Waals surface area contributed by atoms with Gasteiger partial charge in [-0.25, -0.2) is 0 Å². The minimum atomic E-state index is -0.475. The van der Waals surface area contributed by atoms with E-state index in [1.807, 2.05) is 6.07 Å². The third-order valence-electron chi connectivity index (χ3n) is 2.46. The molecule has 0 aliphatic heterocycles. The molecule has 1 heterocycles. The van der Waals surface area contributed by atoms with Crippen molar-refractivity contribution in [2.45, 2.75) is 6.92 Å². The normalized spacial score (nSPS) is 10.1.